The summed E-state index contributed by atoms with van der Waals surface area (Å²) in [5.74, 6) is -0.447. The van der Waals surface area contributed by atoms with E-state index < -0.39 is 5.91 Å². The number of amides is 1. The van der Waals surface area contributed by atoms with Crippen LogP contribution in [0.25, 0.3) is 21.7 Å². The summed E-state index contributed by atoms with van der Waals surface area (Å²) in [4.78, 5) is 25.1. The van der Waals surface area contributed by atoms with Crippen molar-refractivity contribution in [3.63, 3.8) is 0 Å². The number of rotatable bonds is 2. The van der Waals surface area contributed by atoms with Gasteiger partial charge in [0.15, 0.2) is 11.2 Å². The van der Waals surface area contributed by atoms with Gasteiger partial charge in [0.1, 0.15) is 5.58 Å². The number of benzene rings is 3. The van der Waals surface area contributed by atoms with Crippen LogP contribution >= 0.6 is 0 Å². The molecular formula is C22H17NO3. The highest BCUT2D eigenvalue weighted by molar-refractivity contribution is 6.08. The molecule has 4 aromatic rings. The summed E-state index contributed by atoms with van der Waals surface area (Å²) in [6.45, 7) is 3.88. The molecule has 0 aliphatic rings. The zero-order chi connectivity index (χ0) is 18.3. The van der Waals surface area contributed by atoms with Crippen LogP contribution in [0.1, 0.15) is 21.7 Å². The predicted octanol–water partition coefficient (Wildman–Crippen LogP) is 4.82. The van der Waals surface area contributed by atoms with Crippen molar-refractivity contribution in [2.75, 3.05) is 5.32 Å². The Balaban J connectivity index is 1.76. The van der Waals surface area contributed by atoms with E-state index in [0.29, 0.717) is 16.7 Å². The molecule has 3 aromatic carbocycles. The first kappa shape index (κ1) is 16.1. The molecule has 4 rings (SSSR count). The lowest BCUT2D eigenvalue weighted by Crippen LogP contribution is -2.15. The van der Waals surface area contributed by atoms with Crippen LogP contribution in [0, 0.1) is 13.8 Å². The molecule has 0 atom stereocenters. The van der Waals surface area contributed by atoms with Gasteiger partial charge in [-0.2, -0.15) is 0 Å². The van der Waals surface area contributed by atoms with Crippen molar-refractivity contribution in [1.82, 2.24) is 0 Å². The monoisotopic (exact) mass is 343 g/mol. The van der Waals surface area contributed by atoms with E-state index in [0.717, 1.165) is 21.9 Å². The molecule has 0 spiro atoms. The molecule has 1 heterocycles. The summed E-state index contributed by atoms with van der Waals surface area (Å²) in [6.07, 6.45) is 0. The third-order valence-electron chi connectivity index (χ3n) is 4.61. The van der Waals surface area contributed by atoms with Crippen molar-refractivity contribution in [2.45, 2.75) is 13.8 Å². The van der Waals surface area contributed by atoms with Crippen molar-refractivity contribution in [3.8, 4) is 0 Å². The maximum Gasteiger partial charge on any atom is 0.291 e. The average molecular weight is 343 g/mol. The van der Waals surface area contributed by atoms with Crippen LogP contribution in [0.15, 0.2) is 69.9 Å². The first-order chi connectivity index (χ1) is 12.5. The van der Waals surface area contributed by atoms with Crippen LogP contribution in [-0.4, -0.2) is 5.91 Å². The molecule has 128 valence electrons. The fraction of sp³-hybridized carbons (Fsp3) is 0.0909. The van der Waals surface area contributed by atoms with E-state index >= 15 is 0 Å². The molecule has 1 N–H and O–H groups in total. The maximum atomic E-state index is 12.7. The van der Waals surface area contributed by atoms with Gasteiger partial charge < -0.3 is 9.73 Å². The minimum Gasteiger partial charge on any atom is -0.451 e. The first-order valence-electron chi connectivity index (χ1n) is 8.37. The quantitative estimate of drug-likeness (QED) is 0.568. The van der Waals surface area contributed by atoms with Gasteiger partial charge in [0.05, 0.1) is 5.39 Å². The van der Waals surface area contributed by atoms with E-state index in [1.54, 1.807) is 12.1 Å². The second-order valence-corrected chi connectivity index (χ2v) is 6.39. The lowest BCUT2D eigenvalue weighted by Gasteiger charge is -2.09. The molecule has 0 radical (unpaired) electrons. The van der Waals surface area contributed by atoms with Crippen LogP contribution in [0.2, 0.25) is 0 Å². The smallest absolute Gasteiger partial charge is 0.291 e. The lowest BCUT2D eigenvalue weighted by atomic mass is 10.1. The van der Waals surface area contributed by atoms with Gasteiger partial charge in [-0.05, 0) is 48.6 Å². The molecule has 1 amide bonds. The van der Waals surface area contributed by atoms with E-state index in [4.69, 9.17) is 4.42 Å². The molecule has 0 saturated carbocycles. The predicted molar refractivity (Wildman–Crippen MR) is 104 cm³/mol. The zero-order valence-corrected chi connectivity index (χ0v) is 14.5. The molecule has 0 unspecified atom stereocenters. The van der Waals surface area contributed by atoms with E-state index in [2.05, 4.69) is 5.32 Å². The summed E-state index contributed by atoms with van der Waals surface area (Å²) < 4.78 is 5.71. The maximum absolute atomic E-state index is 12.7. The third kappa shape index (κ3) is 2.75. The zero-order valence-electron chi connectivity index (χ0n) is 14.5. The summed E-state index contributed by atoms with van der Waals surface area (Å²) >= 11 is 0. The van der Waals surface area contributed by atoms with Gasteiger partial charge in [-0.3, -0.25) is 9.59 Å². The topological polar surface area (TPSA) is 59.3 Å². The van der Waals surface area contributed by atoms with Crippen LogP contribution in [0.5, 0.6) is 0 Å². The van der Waals surface area contributed by atoms with E-state index in [1.165, 1.54) is 6.07 Å². The normalized spacial score (nSPS) is 11.0. The molecule has 26 heavy (non-hydrogen) atoms. The van der Waals surface area contributed by atoms with Crippen LogP contribution in [0.3, 0.4) is 0 Å². The minimum atomic E-state index is -0.446. The Hall–Kier alpha value is -3.40. The second-order valence-electron chi connectivity index (χ2n) is 6.39. The Morgan fingerprint density at radius 2 is 1.62 bits per heavy atom. The van der Waals surface area contributed by atoms with Crippen LogP contribution in [-0.2, 0) is 0 Å². The van der Waals surface area contributed by atoms with Crippen molar-refractivity contribution < 1.29 is 9.21 Å². The van der Waals surface area contributed by atoms with Crippen molar-refractivity contribution in [2.24, 2.45) is 0 Å². The summed E-state index contributed by atoms with van der Waals surface area (Å²) in [7, 11) is 0. The minimum absolute atomic E-state index is 0.00122. The molecule has 0 fully saturated rings. The van der Waals surface area contributed by atoms with Gasteiger partial charge in [0.2, 0.25) is 0 Å². The molecule has 4 nitrogen and oxygen atoms in total. The van der Waals surface area contributed by atoms with Gasteiger partial charge in [-0.1, -0.05) is 36.4 Å². The third-order valence-corrected chi connectivity index (χ3v) is 4.61. The fourth-order valence-corrected chi connectivity index (χ4v) is 3.04. The number of nitrogens with one attached hydrogen (secondary N) is 1. The molecule has 0 aliphatic carbocycles. The van der Waals surface area contributed by atoms with Crippen molar-refractivity contribution in [3.05, 3.63) is 87.8 Å². The Morgan fingerprint density at radius 3 is 2.46 bits per heavy atom. The van der Waals surface area contributed by atoms with E-state index in [-0.39, 0.29) is 11.2 Å². The van der Waals surface area contributed by atoms with Gasteiger partial charge in [-0.25, -0.2) is 0 Å². The van der Waals surface area contributed by atoms with Gasteiger partial charge in [-0.15, -0.1) is 0 Å². The Morgan fingerprint density at radius 1 is 0.885 bits per heavy atom. The van der Waals surface area contributed by atoms with Crippen LogP contribution in [0.4, 0.5) is 5.69 Å². The van der Waals surface area contributed by atoms with Crippen molar-refractivity contribution in [1.29, 1.82) is 0 Å². The number of anilines is 1. The number of hydrogen-bond acceptors (Lipinski definition) is 3. The van der Waals surface area contributed by atoms with E-state index in [1.807, 2.05) is 56.3 Å². The number of carbonyl (C=O) groups is 1. The molecular weight excluding hydrogens is 326 g/mol. The Labute approximate surface area is 150 Å². The lowest BCUT2D eigenvalue weighted by molar-refractivity contribution is 0.0997. The Bertz CT molecular complexity index is 1220. The fourth-order valence-electron chi connectivity index (χ4n) is 3.04. The van der Waals surface area contributed by atoms with E-state index in [9.17, 15) is 9.59 Å². The highest BCUT2D eigenvalue weighted by Gasteiger charge is 2.14. The number of hydrogen-bond donors (Lipinski definition) is 1. The molecule has 0 bridgehead atoms. The summed E-state index contributed by atoms with van der Waals surface area (Å²) in [5.41, 5.74) is 2.89. The van der Waals surface area contributed by atoms with Crippen LogP contribution < -0.4 is 10.7 Å². The second kappa shape index (κ2) is 6.15. The number of aryl methyl sites for hydroxylation is 2. The average Bonchev–Trinajstić information content (AvgIpc) is 2.63. The highest BCUT2D eigenvalue weighted by Crippen LogP contribution is 2.24. The molecule has 1 aromatic heterocycles. The largest absolute Gasteiger partial charge is 0.451 e. The number of carbonyl (C=O) groups excluding carboxylic acids is 1. The summed E-state index contributed by atoms with van der Waals surface area (Å²) in [6, 6.07) is 18.3. The number of fused-ring (bicyclic) bond motifs is 2. The first-order valence-corrected chi connectivity index (χ1v) is 8.37. The van der Waals surface area contributed by atoms with Gasteiger partial charge >= 0.3 is 0 Å². The van der Waals surface area contributed by atoms with Gasteiger partial charge in [0.25, 0.3) is 5.91 Å². The molecule has 0 saturated heterocycles. The highest BCUT2D eigenvalue weighted by atomic mass is 16.3. The SMILES string of the molecule is Cc1cc2oc(C(=O)Nc3cccc4ccccc34)cc(=O)c2cc1C. The van der Waals surface area contributed by atoms with Crippen molar-refractivity contribution >= 4 is 33.3 Å². The summed E-state index contributed by atoms with van der Waals surface area (Å²) in [5, 5.41) is 5.28. The molecule has 4 heteroatoms. The Kier molecular flexibility index (Phi) is 3.81. The molecule has 0 aliphatic heterocycles. The van der Waals surface area contributed by atoms with Gasteiger partial charge in [0, 0.05) is 17.1 Å². The standard InChI is InChI=1S/C22H17NO3/c1-13-10-17-19(24)12-21(26-20(17)11-14(13)2)22(25)23-18-9-5-7-15-6-3-4-8-16(15)18/h3-12H,1-2H3,(H,23,25).